The molecule has 2 aromatic rings. The molecule has 1 heterocycles. The average molecular weight is 378 g/mol. The topological polar surface area (TPSA) is 41.6 Å². The molecule has 1 N–H and O–H groups in total. The Kier molecular flexibility index (Phi) is 6.01. The molecule has 0 aliphatic carbocycles. The van der Waals surface area contributed by atoms with E-state index in [0.717, 1.165) is 25.1 Å². The van der Waals surface area contributed by atoms with Crippen molar-refractivity contribution in [1.29, 1.82) is 0 Å². The Morgan fingerprint density at radius 1 is 1.11 bits per heavy atom. The molecule has 0 saturated heterocycles. The highest BCUT2D eigenvalue weighted by Gasteiger charge is 2.27. The molecule has 3 rings (SSSR count). The third-order valence-corrected chi connectivity index (χ3v) is 4.33. The van der Waals surface area contributed by atoms with E-state index in [1.54, 1.807) is 12.1 Å². The molecule has 0 aromatic heterocycles. The number of fused-ring (bicyclic) bond motifs is 1. The lowest BCUT2D eigenvalue weighted by molar-refractivity contribution is -0.174. The number of halogens is 3. The summed E-state index contributed by atoms with van der Waals surface area (Å²) in [7, 11) is 0. The lowest BCUT2D eigenvalue weighted by Crippen LogP contribution is -2.20. The number of ether oxygens (including phenoxy) is 1. The SMILES string of the molecule is O=C(CCOCC(F)(F)F)Nc1ccc(CN2CCc3ccccc32)cc1. The number of anilines is 2. The summed E-state index contributed by atoms with van der Waals surface area (Å²) in [6, 6.07) is 15.8. The maximum Gasteiger partial charge on any atom is 0.411 e. The molecule has 0 saturated carbocycles. The summed E-state index contributed by atoms with van der Waals surface area (Å²) < 4.78 is 40.3. The quantitative estimate of drug-likeness (QED) is 0.736. The van der Waals surface area contributed by atoms with Gasteiger partial charge in [0.05, 0.1) is 13.0 Å². The van der Waals surface area contributed by atoms with Crippen LogP contribution in [0.3, 0.4) is 0 Å². The molecule has 2 aromatic carbocycles. The van der Waals surface area contributed by atoms with Gasteiger partial charge in [-0.1, -0.05) is 30.3 Å². The van der Waals surface area contributed by atoms with Crippen LogP contribution in [0.1, 0.15) is 17.5 Å². The fourth-order valence-corrected chi connectivity index (χ4v) is 3.06. The van der Waals surface area contributed by atoms with E-state index >= 15 is 0 Å². The van der Waals surface area contributed by atoms with Gasteiger partial charge in [0, 0.05) is 24.5 Å². The van der Waals surface area contributed by atoms with Gasteiger partial charge in [0.2, 0.25) is 5.91 Å². The van der Waals surface area contributed by atoms with Gasteiger partial charge in [-0.2, -0.15) is 13.2 Å². The molecular formula is C20H21F3N2O2. The van der Waals surface area contributed by atoms with Crippen molar-refractivity contribution in [1.82, 2.24) is 0 Å². The number of carbonyl (C=O) groups is 1. The van der Waals surface area contributed by atoms with Gasteiger partial charge >= 0.3 is 6.18 Å². The van der Waals surface area contributed by atoms with E-state index < -0.39 is 12.8 Å². The third kappa shape index (κ3) is 5.72. The van der Waals surface area contributed by atoms with Crippen molar-refractivity contribution in [3.05, 3.63) is 59.7 Å². The Balaban J connectivity index is 1.46. The second-order valence-corrected chi connectivity index (χ2v) is 6.46. The van der Waals surface area contributed by atoms with Crippen molar-refractivity contribution in [3.63, 3.8) is 0 Å². The molecule has 0 radical (unpaired) electrons. The normalized spacial score (nSPS) is 13.5. The van der Waals surface area contributed by atoms with Crippen molar-refractivity contribution < 1.29 is 22.7 Å². The summed E-state index contributed by atoms with van der Waals surface area (Å²) in [4.78, 5) is 14.1. The summed E-state index contributed by atoms with van der Waals surface area (Å²) in [5.74, 6) is -0.376. The minimum Gasteiger partial charge on any atom is -0.372 e. The van der Waals surface area contributed by atoms with E-state index in [1.165, 1.54) is 11.3 Å². The van der Waals surface area contributed by atoms with Gasteiger partial charge in [0.25, 0.3) is 0 Å². The first-order valence-corrected chi connectivity index (χ1v) is 8.77. The van der Waals surface area contributed by atoms with Crippen LogP contribution in [0, 0.1) is 0 Å². The van der Waals surface area contributed by atoms with Crippen LogP contribution in [0.2, 0.25) is 0 Å². The van der Waals surface area contributed by atoms with Crippen LogP contribution in [-0.2, 0) is 22.5 Å². The van der Waals surface area contributed by atoms with Crippen molar-refractivity contribution in [2.75, 3.05) is 30.0 Å². The first-order chi connectivity index (χ1) is 12.9. The van der Waals surface area contributed by atoms with Gasteiger partial charge in [0.15, 0.2) is 0 Å². The number of alkyl halides is 3. The van der Waals surface area contributed by atoms with Gasteiger partial charge in [-0.15, -0.1) is 0 Å². The zero-order chi connectivity index (χ0) is 19.3. The molecule has 1 amide bonds. The number of benzene rings is 2. The van der Waals surface area contributed by atoms with E-state index in [4.69, 9.17) is 0 Å². The molecule has 144 valence electrons. The van der Waals surface area contributed by atoms with Crippen molar-refractivity contribution in [2.45, 2.75) is 25.6 Å². The fourth-order valence-electron chi connectivity index (χ4n) is 3.06. The summed E-state index contributed by atoms with van der Waals surface area (Å²) in [6.07, 6.45) is -3.45. The number of hydrogen-bond acceptors (Lipinski definition) is 3. The van der Waals surface area contributed by atoms with Crippen molar-refractivity contribution in [2.24, 2.45) is 0 Å². The highest BCUT2D eigenvalue weighted by molar-refractivity contribution is 5.90. The number of rotatable bonds is 7. The van der Waals surface area contributed by atoms with E-state index in [1.807, 2.05) is 24.3 Å². The van der Waals surface area contributed by atoms with Crippen molar-refractivity contribution >= 4 is 17.3 Å². The van der Waals surface area contributed by atoms with Gasteiger partial charge in [0.1, 0.15) is 6.61 Å². The lowest BCUT2D eigenvalue weighted by atomic mass is 10.1. The molecule has 1 aliphatic heterocycles. The number of para-hydroxylation sites is 1. The molecule has 1 aliphatic rings. The standard InChI is InChI=1S/C20H21F3N2O2/c21-20(22,23)14-27-12-10-19(26)24-17-7-5-15(6-8-17)13-25-11-9-16-3-1-2-4-18(16)25/h1-8H,9-14H2,(H,24,26). The summed E-state index contributed by atoms with van der Waals surface area (Å²) >= 11 is 0. The number of carbonyl (C=O) groups excluding carboxylic acids is 1. The lowest BCUT2D eigenvalue weighted by Gasteiger charge is -2.19. The highest BCUT2D eigenvalue weighted by Crippen LogP contribution is 2.29. The summed E-state index contributed by atoms with van der Waals surface area (Å²) in [5, 5.41) is 2.66. The van der Waals surface area contributed by atoms with Gasteiger partial charge in [-0.25, -0.2) is 0 Å². The van der Waals surface area contributed by atoms with Crippen LogP contribution in [0.5, 0.6) is 0 Å². The number of nitrogens with one attached hydrogen (secondary N) is 1. The Morgan fingerprint density at radius 3 is 2.59 bits per heavy atom. The highest BCUT2D eigenvalue weighted by atomic mass is 19.4. The largest absolute Gasteiger partial charge is 0.411 e. The second kappa shape index (κ2) is 8.43. The molecule has 7 heteroatoms. The van der Waals surface area contributed by atoms with Gasteiger partial charge in [-0.05, 0) is 35.7 Å². The van der Waals surface area contributed by atoms with Crippen LogP contribution in [-0.4, -0.2) is 31.8 Å². The smallest absolute Gasteiger partial charge is 0.372 e. The summed E-state index contributed by atoms with van der Waals surface area (Å²) in [5.41, 5.74) is 4.35. The van der Waals surface area contributed by atoms with Gasteiger partial charge in [-0.3, -0.25) is 4.79 Å². The average Bonchev–Trinajstić information content (AvgIpc) is 3.03. The molecule has 0 fully saturated rings. The molecule has 0 unspecified atom stereocenters. The van der Waals surface area contributed by atoms with Crippen LogP contribution < -0.4 is 10.2 Å². The van der Waals surface area contributed by atoms with E-state index in [-0.39, 0.29) is 18.9 Å². The molecule has 4 nitrogen and oxygen atoms in total. The second-order valence-electron chi connectivity index (χ2n) is 6.46. The molecule has 27 heavy (non-hydrogen) atoms. The van der Waals surface area contributed by atoms with Crippen molar-refractivity contribution in [3.8, 4) is 0 Å². The van der Waals surface area contributed by atoms with Crippen LogP contribution in [0.25, 0.3) is 0 Å². The minimum absolute atomic E-state index is 0.123. The minimum atomic E-state index is -4.37. The number of hydrogen-bond donors (Lipinski definition) is 1. The molecule has 0 atom stereocenters. The maximum atomic E-state index is 12.0. The molecule has 0 spiro atoms. The van der Waals surface area contributed by atoms with E-state index in [0.29, 0.717) is 5.69 Å². The first-order valence-electron chi connectivity index (χ1n) is 8.77. The maximum absolute atomic E-state index is 12.0. The zero-order valence-corrected chi connectivity index (χ0v) is 14.8. The third-order valence-electron chi connectivity index (χ3n) is 4.33. The van der Waals surface area contributed by atoms with Gasteiger partial charge < -0.3 is 15.0 Å². The number of nitrogens with zero attached hydrogens (tertiary/aromatic N) is 1. The molecule has 0 bridgehead atoms. The predicted molar refractivity (Wildman–Crippen MR) is 97.8 cm³/mol. The Labute approximate surface area is 155 Å². The summed E-state index contributed by atoms with van der Waals surface area (Å²) in [6.45, 7) is 0.165. The van der Waals surface area contributed by atoms with E-state index in [9.17, 15) is 18.0 Å². The van der Waals surface area contributed by atoms with Crippen LogP contribution in [0.4, 0.5) is 24.5 Å². The first kappa shape index (κ1) is 19.2. The number of amides is 1. The zero-order valence-electron chi connectivity index (χ0n) is 14.8. The Bertz CT molecular complexity index is 776. The predicted octanol–water partition coefficient (Wildman–Crippen LogP) is 4.16. The fraction of sp³-hybridized carbons (Fsp3) is 0.350. The monoisotopic (exact) mass is 378 g/mol. The van der Waals surface area contributed by atoms with E-state index in [2.05, 4.69) is 27.1 Å². The van der Waals surface area contributed by atoms with Crippen LogP contribution in [0.15, 0.2) is 48.5 Å². The molecular weight excluding hydrogens is 357 g/mol. The Hall–Kier alpha value is -2.54. The Morgan fingerprint density at radius 2 is 1.85 bits per heavy atom. The van der Waals surface area contributed by atoms with Crippen LogP contribution >= 0.6 is 0 Å².